The molecular formula is C34H30ClN5. The highest BCUT2D eigenvalue weighted by atomic mass is 35.5. The molecule has 5 nitrogen and oxygen atoms in total. The Morgan fingerprint density at radius 3 is 1.73 bits per heavy atom. The first-order chi connectivity index (χ1) is 19.7. The normalized spacial score (nSPS) is 11.6. The fourth-order valence-electron chi connectivity index (χ4n) is 5.80. The van der Waals surface area contributed by atoms with Crippen molar-refractivity contribution in [3.63, 3.8) is 0 Å². The predicted molar refractivity (Wildman–Crippen MR) is 161 cm³/mol. The quantitative estimate of drug-likeness (QED) is 0.146. The minimum absolute atomic E-state index is 0.479. The van der Waals surface area contributed by atoms with Crippen LogP contribution in [0.3, 0.4) is 0 Å². The van der Waals surface area contributed by atoms with Crippen LogP contribution in [-0.4, -0.2) is 24.8 Å². The minimum Gasteiger partial charge on any atom is -0.345 e. The first-order valence-corrected chi connectivity index (χ1v) is 14.0. The van der Waals surface area contributed by atoms with E-state index < -0.39 is 5.54 Å². The van der Waals surface area contributed by atoms with E-state index in [1.54, 1.807) is 0 Å². The van der Waals surface area contributed by atoms with Gasteiger partial charge in [0.1, 0.15) is 5.54 Å². The number of rotatable bonds is 8. The Labute approximate surface area is 239 Å². The van der Waals surface area contributed by atoms with Crippen LogP contribution in [0.4, 0.5) is 0 Å². The molecule has 4 aromatic carbocycles. The number of nitrogens with zero attached hydrogens (tertiary/aromatic N) is 5. The van der Waals surface area contributed by atoms with Gasteiger partial charge in [0.15, 0.2) is 5.82 Å². The van der Waals surface area contributed by atoms with Gasteiger partial charge in [-0.05, 0) is 58.2 Å². The molecule has 0 aliphatic heterocycles. The van der Waals surface area contributed by atoms with Crippen LogP contribution in [0, 0.1) is 6.92 Å². The van der Waals surface area contributed by atoms with Crippen LogP contribution in [-0.2, 0) is 18.0 Å². The number of alkyl halides is 1. The van der Waals surface area contributed by atoms with Crippen LogP contribution in [0.1, 0.15) is 34.9 Å². The summed E-state index contributed by atoms with van der Waals surface area (Å²) in [6.07, 6.45) is 0. The van der Waals surface area contributed by atoms with E-state index in [0.29, 0.717) is 11.7 Å². The molecule has 6 rings (SSSR count). The van der Waals surface area contributed by atoms with Gasteiger partial charge in [-0.3, -0.25) is 0 Å². The molecule has 2 aromatic heterocycles. The SMILES string of the molecule is CCn1c(C)cc(-c2nnnn2C(c2ccccc2)(c2ccccc2)c2ccccc2)c1-c1ccc(CCl)cc1. The molecule has 40 heavy (non-hydrogen) atoms. The van der Waals surface area contributed by atoms with E-state index in [4.69, 9.17) is 21.9 Å². The third kappa shape index (κ3) is 4.23. The number of benzene rings is 4. The Hall–Kier alpha value is -4.48. The van der Waals surface area contributed by atoms with Crippen molar-refractivity contribution in [2.45, 2.75) is 31.8 Å². The Balaban J connectivity index is 1.69. The maximum absolute atomic E-state index is 6.11. The molecule has 0 N–H and O–H groups in total. The fraction of sp³-hybridized carbons (Fsp3) is 0.147. The van der Waals surface area contributed by atoms with Crippen LogP contribution < -0.4 is 0 Å². The zero-order chi connectivity index (χ0) is 27.5. The summed E-state index contributed by atoms with van der Waals surface area (Å²) >= 11 is 6.11. The molecule has 0 amide bonds. The summed E-state index contributed by atoms with van der Waals surface area (Å²) in [7, 11) is 0. The average Bonchev–Trinajstić information content (AvgIpc) is 3.64. The van der Waals surface area contributed by atoms with Crippen molar-refractivity contribution in [1.29, 1.82) is 0 Å². The van der Waals surface area contributed by atoms with E-state index in [9.17, 15) is 0 Å². The monoisotopic (exact) mass is 543 g/mol. The van der Waals surface area contributed by atoms with Gasteiger partial charge in [-0.2, -0.15) is 0 Å². The third-order valence-electron chi connectivity index (χ3n) is 7.60. The van der Waals surface area contributed by atoms with Crippen molar-refractivity contribution < 1.29 is 0 Å². The maximum atomic E-state index is 6.11. The fourth-order valence-corrected chi connectivity index (χ4v) is 5.98. The molecule has 0 saturated heterocycles. The van der Waals surface area contributed by atoms with Gasteiger partial charge in [0.05, 0.1) is 5.69 Å². The molecule has 0 aliphatic carbocycles. The Morgan fingerprint density at radius 1 is 0.725 bits per heavy atom. The second-order valence-corrected chi connectivity index (χ2v) is 10.1. The van der Waals surface area contributed by atoms with Crippen molar-refractivity contribution >= 4 is 11.6 Å². The van der Waals surface area contributed by atoms with Gasteiger partial charge in [0.2, 0.25) is 0 Å². The lowest BCUT2D eigenvalue weighted by atomic mass is 9.77. The Bertz CT molecular complexity index is 1610. The van der Waals surface area contributed by atoms with Crippen molar-refractivity contribution in [3.05, 3.63) is 149 Å². The summed E-state index contributed by atoms with van der Waals surface area (Å²) in [5.41, 5.74) is 7.79. The van der Waals surface area contributed by atoms with E-state index in [1.807, 2.05) is 22.9 Å². The molecule has 0 fully saturated rings. The zero-order valence-electron chi connectivity index (χ0n) is 22.6. The largest absolute Gasteiger partial charge is 0.345 e. The summed E-state index contributed by atoms with van der Waals surface area (Å²) in [6.45, 7) is 5.12. The van der Waals surface area contributed by atoms with Gasteiger partial charge in [-0.25, -0.2) is 4.68 Å². The van der Waals surface area contributed by atoms with Crippen LogP contribution >= 0.6 is 11.6 Å². The second-order valence-electron chi connectivity index (χ2n) is 9.85. The highest BCUT2D eigenvalue weighted by molar-refractivity contribution is 6.17. The molecule has 0 aliphatic rings. The summed E-state index contributed by atoms with van der Waals surface area (Å²) < 4.78 is 4.32. The Kier molecular flexibility index (Phi) is 7.06. The molecule has 198 valence electrons. The maximum Gasteiger partial charge on any atom is 0.185 e. The molecule has 6 heteroatoms. The lowest BCUT2D eigenvalue weighted by Crippen LogP contribution is -2.39. The molecule has 0 saturated carbocycles. The van der Waals surface area contributed by atoms with Gasteiger partial charge in [-0.15, -0.1) is 16.7 Å². The standard InChI is InChI=1S/C34H30ClN5/c1-3-39-25(2)23-31(32(39)27-21-19-26(24-35)20-22-27)33-36-37-38-40(33)34(28-13-7-4-8-14-28,29-15-9-5-10-16-29)30-17-11-6-12-18-30/h4-23H,3,24H2,1-2H3. The van der Waals surface area contributed by atoms with Crippen molar-refractivity contribution in [2.24, 2.45) is 0 Å². The first kappa shape index (κ1) is 25.8. The van der Waals surface area contributed by atoms with Gasteiger partial charge >= 0.3 is 0 Å². The molecule has 0 bridgehead atoms. The highest BCUT2D eigenvalue weighted by Gasteiger charge is 2.42. The minimum atomic E-state index is -0.815. The number of halogens is 1. The van der Waals surface area contributed by atoms with Gasteiger partial charge in [-0.1, -0.05) is 115 Å². The lowest BCUT2D eigenvalue weighted by molar-refractivity contribution is 0.451. The van der Waals surface area contributed by atoms with Crippen molar-refractivity contribution in [1.82, 2.24) is 24.8 Å². The third-order valence-corrected chi connectivity index (χ3v) is 7.91. The van der Waals surface area contributed by atoms with Crippen LogP contribution in [0.5, 0.6) is 0 Å². The van der Waals surface area contributed by atoms with Gasteiger partial charge in [0, 0.05) is 23.7 Å². The molecule has 2 heterocycles. The summed E-state index contributed by atoms with van der Waals surface area (Å²) in [5.74, 6) is 1.18. The molecule has 0 atom stereocenters. The second kappa shape index (κ2) is 10.9. The average molecular weight is 544 g/mol. The van der Waals surface area contributed by atoms with Crippen LogP contribution in [0.25, 0.3) is 22.6 Å². The van der Waals surface area contributed by atoms with E-state index in [-0.39, 0.29) is 0 Å². The summed E-state index contributed by atoms with van der Waals surface area (Å²) in [4.78, 5) is 0. The number of hydrogen-bond donors (Lipinski definition) is 0. The molecule has 6 aromatic rings. The zero-order valence-corrected chi connectivity index (χ0v) is 23.3. The van der Waals surface area contributed by atoms with E-state index >= 15 is 0 Å². The lowest BCUT2D eigenvalue weighted by Gasteiger charge is -2.36. The van der Waals surface area contributed by atoms with E-state index in [2.05, 4.69) is 127 Å². The summed E-state index contributed by atoms with van der Waals surface area (Å²) in [6, 6.07) is 42.1. The van der Waals surface area contributed by atoms with E-state index in [1.165, 1.54) is 0 Å². The predicted octanol–water partition coefficient (Wildman–Crippen LogP) is 7.72. The van der Waals surface area contributed by atoms with Gasteiger partial charge in [0.25, 0.3) is 0 Å². The Morgan fingerprint density at radius 2 is 1.25 bits per heavy atom. The number of tetrazole rings is 1. The number of aromatic nitrogens is 5. The smallest absolute Gasteiger partial charge is 0.185 e. The molecular weight excluding hydrogens is 514 g/mol. The number of aryl methyl sites for hydroxylation is 1. The topological polar surface area (TPSA) is 48.5 Å². The molecule has 0 spiro atoms. The molecule has 0 unspecified atom stereocenters. The molecule has 0 radical (unpaired) electrons. The van der Waals surface area contributed by atoms with Crippen LogP contribution in [0.15, 0.2) is 121 Å². The first-order valence-electron chi connectivity index (χ1n) is 13.5. The van der Waals surface area contributed by atoms with E-state index in [0.717, 1.165) is 51.3 Å². The van der Waals surface area contributed by atoms with Crippen LogP contribution in [0.2, 0.25) is 0 Å². The van der Waals surface area contributed by atoms with Gasteiger partial charge < -0.3 is 4.57 Å². The van der Waals surface area contributed by atoms with Crippen molar-refractivity contribution in [2.75, 3.05) is 0 Å². The highest BCUT2D eigenvalue weighted by Crippen LogP contribution is 2.44. The number of hydrogen-bond acceptors (Lipinski definition) is 3. The summed E-state index contributed by atoms with van der Waals surface area (Å²) in [5, 5.41) is 13.8. The van der Waals surface area contributed by atoms with Crippen molar-refractivity contribution in [3.8, 4) is 22.6 Å².